The van der Waals surface area contributed by atoms with Crippen molar-refractivity contribution < 1.29 is 19.0 Å². The Bertz CT molecular complexity index is 686. The molecule has 0 saturated carbocycles. The van der Waals surface area contributed by atoms with Crippen LogP contribution in [0.1, 0.15) is 21.5 Å². The molecule has 123 valence electrons. The van der Waals surface area contributed by atoms with Gasteiger partial charge in [0, 0.05) is 36.6 Å². The summed E-state index contributed by atoms with van der Waals surface area (Å²) in [6, 6.07) is 9.39. The molecule has 1 radical (unpaired) electrons. The molecule has 0 saturated heterocycles. The molecule has 0 amide bonds. The molecule has 2 rings (SSSR count). The Labute approximate surface area is 156 Å². The van der Waals surface area contributed by atoms with Crippen LogP contribution in [0.5, 0.6) is 17.2 Å². The molecule has 1 atom stereocenters. The molecular weight excluding hydrogens is 318 g/mol. The average Bonchev–Trinajstić information content (AvgIpc) is 2.54. The van der Waals surface area contributed by atoms with E-state index in [0.29, 0.717) is 17.2 Å². The van der Waals surface area contributed by atoms with Crippen molar-refractivity contribution >= 4 is 38.3 Å². The normalized spacial score (nSPS) is 10.4. The maximum Gasteiger partial charge on any atom is 0.186 e. The van der Waals surface area contributed by atoms with Crippen molar-refractivity contribution in [3.05, 3.63) is 47.0 Å². The van der Waals surface area contributed by atoms with Crippen LogP contribution in [0.25, 0.3) is 0 Å². The predicted octanol–water partition coefficient (Wildman–Crippen LogP) is 3.09. The first-order chi connectivity index (χ1) is 11.0. The molecule has 0 N–H and O–H groups in total. The molecule has 2 aromatic carbocycles. The Hall–Kier alpha value is -1.46. The van der Waals surface area contributed by atoms with Crippen molar-refractivity contribution in [1.29, 1.82) is 0 Å². The fourth-order valence-electron chi connectivity index (χ4n) is 2.48. The Morgan fingerprint density at radius 3 is 1.83 bits per heavy atom. The molecule has 1 unspecified atom stereocenters. The minimum atomic E-state index is -0.0869. The third-order valence-corrected chi connectivity index (χ3v) is 4.88. The Balaban J connectivity index is 0.00000288. The monoisotopic (exact) mass is 339 g/mol. The molecule has 0 spiro atoms. The molecule has 6 heteroatoms. The number of hydrogen-bond acceptors (Lipinski definition) is 4. The molecule has 4 nitrogen and oxygen atoms in total. The number of carbonyl (C=O) groups excluding carboxylic acids is 1. The van der Waals surface area contributed by atoms with E-state index >= 15 is 0 Å². The van der Waals surface area contributed by atoms with Gasteiger partial charge in [0.1, 0.15) is 17.2 Å². The summed E-state index contributed by atoms with van der Waals surface area (Å²) in [5.41, 5.74) is 2.80. The van der Waals surface area contributed by atoms with E-state index < -0.39 is 0 Å². The van der Waals surface area contributed by atoms with Gasteiger partial charge in [0.05, 0.1) is 26.6 Å². The van der Waals surface area contributed by atoms with E-state index in [0.717, 1.165) is 22.0 Å². The van der Waals surface area contributed by atoms with Crippen LogP contribution in [0, 0.1) is 13.8 Å². The minimum absolute atomic E-state index is 0. The number of benzene rings is 2. The summed E-state index contributed by atoms with van der Waals surface area (Å²) >= 11 is 0. The van der Waals surface area contributed by atoms with Gasteiger partial charge in [-0.25, -0.2) is 0 Å². The summed E-state index contributed by atoms with van der Waals surface area (Å²) in [6.07, 6.45) is 0. The second kappa shape index (κ2) is 9.13. The molecule has 0 heterocycles. The smallest absolute Gasteiger partial charge is 0.186 e. The van der Waals surface area contributed by atoms with Gasteiger partial charge in [-0.1, -0.05) is 18.2 Å². The van der Waals surface area contributed by atoms with Gasteiger partial charge in [0.15, 0.2) is 5.52 Å². The summed E-state index contributed by atoms with van der Waals surface area (Å²) in [7, 11) is 4.64. The average molecular weight is 339 g/mol. The van der Waals surface area contributed by atoms with E-state index in [4.69, 9.17) is 14.2 Å². The maximum absolute atomic E-state index is 12.8. The summed E-state index contributed by atoms with van der Waals surface area (Å²) in [6.45, 7) is 3.90. The minimum Gasteiger partial charge on any atom is -0.496 e. The van der Waals surface area contributed by atoms with Crippen LogP contribution >= 0.6 is 8.58 Å². The van der Waals surface area contributed by atoms with E-state index in [2.05, 4.69) is 0 Å². The standard InChI is InChI=1S/C18H21O4P.Li/c1-11-7-6-8-12(2)16(11)18(19)23-17-14(21-4)9-13(20-3)10-15(17)22-5;/h6-10,23H,1-5H3;. The zero-order chi connectivity index (χ0) is 17.0. The Kier molecular flexibility index (Phi) is 7.83. The van der Waals surface area contributed by atoms with Crippen molar-refractivity contribution in [3.8, 4) is 17.2 Å². The topological polar surface area (TPSA) is 44.8 Å². The first-order valence-corrected chi connectivity index (χ1v) is 8.19. The van der Waals surface area contributed by atoms with Crippen LogP contribution in [-0.4, -0.2) is 45.7 Å². The maximum atomic E-state index is 12.8. The van der Waals surface area contributed by atoms with E-state index in [1.54, 1.807) is 33.5 Å². The fraction of sp³-hybridized carbons (Fsp3) is 0.278. The molecular formula is C18H21LiO4P. The third kappa shape index (κ3) is 4.33. The molecule has 0 fully saturated rings. The molecule has 0 aliphatic carbocycles. The number of methoxy groups -OCH3 is 3. The van der Waals surface area contributed by atoms with Crippen molar-refractivity contribution in [3.63, 3.8) is 0 Å². The molecule has 0 aliphatic heterocycles. The van der Waals surface area contributed by atoms with Gasteiger partial charge in [-0.3, -0.25) is 4.79 Å². The number of hydrogen-bond donors (Lipinski definition) is 0. The molecule has 0 aliphatic rings. The number of ether oxygens (including phenoxy) is 3. The Morgan fingerprint density at radius 1 is 0.917 bits per heavy atom. The van der Waals surface area contributed by atoms with Gasteiger partial charge in [-0.2, -0.15) is 0 Å². The second-order valence-corrected chi connectivity index (χ2v) is 6.33. The summed E-state index contributed by atoms with van der Waals surface area (Å²) in [5, 5.41) is 0.753. The van der Waals surface area contributed by atoms with E-state index in [-0.39, 0.29) is 33.0 Å². The number of carbonyl (C=O) groups is 1. The van der Waals surface area contributed by atoms with Crippen molar-refractivity contribution in [2.75, 3.05) is 21.3 Å². The summed E-state index contributed by atoms with van der Waals surface area (Å²) < 4.78 is 16.1. The molecule has 2 aromatic rings. The Morgan fingerprint density at radius 2 is 1.42 bits per heavy atom. The number of rotatable bonds is 6. The molecule has 0 aromatic heterocycles. The van der Waals surface area contributed by atoms with Crippen LogP contribution in [0.2, 0.25) is 0 Å². The van der Waals surface area contributed by atoms with Gasteiger partial charge in [-0.05, 0) is 33.6 Å². The van der Waals surface area contributed by atoms with Gasteiger partial charge in [0.25, 0.3) is 0 Å². The first-order valence-electron chi connectivity index (χ1n) is 7.19. The van der Waals surface area contributed by atoms with Crippen molar-refractivity contribution in [2.45, 2.75) is 13.8 Å². The van der Waals surface area contributed by atoms with Crippen LogP contribution in [0.3, 0.4) is 0 Å². The quantitative estimate of drug-likeness (QED) is 0.599. The van der Waals surface area contributed by atoms with Gasteiger partial charge >= 0.3 is 0 Å². The zero-order valence-electron chi connectivity index (χ0n) is 15.0. The predicted molar refractivity (Wildman–Crippen MR) is 100 cm³/mol. The third-order valence-electron chi connectivity index (χ3n) is 3.66. The van der Waals surface area contributed by atoms with Crippen LogP contribution in [0.4, 0.5) is 0 Å². The van der Waals surface area contributed by atoms with E-state index in [1.807, 2.05) is 32.0 Å². The fourth-order valence-corrected chi connectivity index (χ4v) is 3.82. The van der Waals surface area contributed by atoms with Crippen molar-refractivity contribution in [2.24, 2.45) is 0 Å². The van der Waals surface area contributed by atoms with Crippen LogP contribution in [0.15, 0.2) is 30.3 Å². The van der Waals surface area contributed by atoms with E-state index in [1.165, 1.54) is 0 Å². The van der Waals surface area contributed by atoms with Gasteiger partial charge in [0.2, 0.25) is 0 Å². The largest absolute Gasteiger partial charge is 0.496 e. The summed E-state index contributed by atoms with van der Waals surface area (Å²) in [5.74, 6) is 1.82. The van der Waals surface area contributed by atoms with E-state index in [9.17, 15) is 4.79 Å². The SMILES string of the molecule is COc1cc(OC)c(PC(=O)c2c(C)cccc2C)c(OC)c1.[Li]. The van der Waals surface area contributed by atoms with Crippen LogP contribution in [-0.2, 0) is 0 Å². The first kappa shape index (κ1) is 20.6. The van der Waals surface area contributed by atoms with Crippen LogP contribution < -0.4 is 19.5 Å². The van der Waals surface area contributed by atoms with Crippen molar-refractivity contribution in [1.82, 2.24) is 0 Å². The zero-order valence-corrected chi connectivity index (χ0v) is 16.0. The van der Waals surface area contributed by atoms with Gasteiger partial charge in [-0.15, -0.1) is 0 Å². The molecule has 0 bridgehead atoms. The summed E-state index contributed by atoms with van der Waals surface area (Å²) in [4.78, 5) is 12.8. The second-order valence-electron chi connectivity index (χ2n) is 5.13. The van der Waals surface area contributed by atoms with Gasteiger partial charge < -0.3 is 14.2 Å². The number of aryl methyl sites for hydroxylation is 2. The molecule has 24 heavy (non-hydrogen) atoms.